The van der Waals surface area contributed by atoms with Crippen LogP contribution in [0.15, 0.2) is 61.7 Å². The summed E-state index contributed by atoms with van der Waals surface area (Å²) in [5.74, 6) is -4.04. The number of benzene rings is 1. The molecule has 3 fully saturated rings. The van der Waals surface area contributed by atoms with Crippen LogP contribution in [0.1, 0.15) is 64.5 Å². The Kier molecular flexibility index (Phi) is 22.2. The Balaban J connectivity index is 0.738. The van der Waals surface area contributed by atoms with Crippen molar-refractivity contribution in [2.24, 2.45) is 17.6 Å². The van der Waals surface area contributed by atoms with Crippen LogP contribution in [0.2, 0.25) is 0 Å². The molecule has 496 valence electrons. The van der Waals surface area contributed by atoms with Gasteiger partial charge in [0.15, 0.2) is 40.8 Å². The van der Waals surface area contributed by atoms with Crippen LogP contribution in [-0.4, -0.2) is 191 Å². The minimum absolute atomic E-state index is 0.0404. The number of likely N-dealkylation sites (N-methyl/N-ethyl adjacent to an activating group) is 1. The third-order valence-corrected chi connectivity index (χ3v) is 18.1. The summed E-state index contributed by atoms with van der Waals surface area (Å²) in [6, 6.07) is 3.34. The number of hydrogen-bond acceptors (Lipinski definition) is 25. The zero-order valence-electron chi connectivity index (χ0n) is 49.5. The van der Waals surface area contributed by atoms with E-state index in [2.05, 4.69) is 68.7 Å². The highest BCUT2D eigenvalue weighted by molar-refractivity contribution is 8.44. The molecule has 0 spiro atoms. The van der Waals surface area contributed by atoms with Crippen molar-refractivity contribution in [2.45, 2.75) is 108 Å². The van der Waals surface area contributed by atoms with Gasteiger partial charge in [0.2, 0.25) is 17.7 Å². The summed E-state index contributed by atoms with van der Waals surface area (Å²) in [5.41, 5.74) is 12.6. The number of aromatic nitrogens is 8. The number of halogens is 1. The summed E-state index contributed by atoms with van der Waals surface area (Å²) in [5, 5.41) is 13.0. The van der Waals surface area contributed by atoms with Crippen molar-refractivity contribution in [3.05, 3.63) is 67.3 Å². The van der Waals surface area contributed by atoms with Crippen LogP contribution in [0.4, 0.5) is 36.1 Å². The molecule has 1 aromatic carbocycles. The molecule has 4 aliphatic rings. The van der Waals surface area contributed by atoms with Crippen LogP contribution in [0.3, 0.4) is 0 Å². The second kappa shape index (κ2) is 29.8. The van der Waals surface area contributed by atoms with Gasteiger partial charge in [-0.05, 0) is 54.7 Å². The summed E-state index contributed by atoms with van der Waals surface area (Å²) in [6.07, 6.45) is -3.89. The standard InChI is InChI=1S/C52H66FN17O18P2S2/c1-26(2)37(65-33(71)14-16-68-34(72)12-13-35(68)73)47(75)64-30(7-5-6-15-56-50(55)76)46(74)63-29-10-8-28(9-11-29)19-82-52(78)67(4)17-18-81-51(77)66-43-39-45(60-23-58-43)70(25-62-39)49-36(53)41-32(86-49)21-84-89(79,91)87-40-27(3)48(85-31(40)20-83-90(80,92)88-41)69-24-61-38-42(54)57-22-59-44(38)69/h8-13,22-27,30-32,36-37,40-41,48-49H,5-7,14-21H2,1-4H3,(H,63,74)(H,64,75)(H,65,71)(H,79,91)(H,80,92)(H2,54,57,59)(H3,55,56,76)(H,58,60,66,77)/t27-,30+,31-,32?,36-,37+,40+,41-,48-,49-,89?,90?/m1/s1. The van der Waals surface area contributed by atoms with E-state index in [1.54, 1.807) is 49.6 Å². The number of nitrogens with zero attached hydrogens (tertiary/aromatic N) is 10. The van der Waals surface area contributed by atoms with Gasteiger partial charge in [-0.3, -0.25) is 52.4 Å². The number of amides is 9. The Morgan fingerprint density at radius 2 is 1.51 bits per heavy atom. The largest absolute Gasteiger partial charge is 0.447 e. The average Bonchev–Trinajstić information content (AvgIpc) is 1.63. The number of nitrogens with two attached hydrogens (primary N) is 2. The quantitative estimate of drug-likeness (QED) is 0.0208. The maximum Gasteiger partial charge on any atom is 0.412 e. The van der Waals surface area contributed by atoms with E-state index in [-0.39, 0.29) is 68.5 Å². The number of fused-ring (bicyclic) bond motifs is 4. The molecule has 10 N–H and O–H groups in total. The smallest absolute Gasteiger partial charge is 0.412 e. The van der Waals surface area contributed by atoms with E-state index in [1.807, 2.05) is 0 Å². The van der Waals surface area contributed by atoms with Crippen molar-refractivity contribution < 1.29 is 89.2 Å². The van der Waals surface area contributed by atoms with E-state index >= 15 is 4.39 Å². The molecule has 40 heteroatoms. The Labute approximate surface area is 532 Å². The van der Waals surface area contributed by atoms with E-state index in [9.17, 15) is 47.8 Å². The number of nitrogen functional groups attached to an aromatic ring is 1. The van der Waals surface area contributed by atoms with E-state index in [4.69, 9.17) is 60.3 Å². The molecule has 8 heterocycles. The second-order valence-electron chi connectivity index (χ2n) is 21.7. The lowest BCUT2D eigenvalue weighted by molar-refractivity contribution is -0.137. The molecule has 0 aliphatic carbocycles. The van der Waals surface area contributed by atoms with Gasteiger partial charge in [0.05, 0.1) is 32.4 Å². The lowest BCUT2D eigenvalue weighted by atomic mass is 10.0. The molecule has 9 rings (SSSR count). The molecule has 9 amide bonds. The minimum Gasteiger partial charge on any atom is -0.447 e. The maximum atomic E-state index is 16.7. The number of rotatable bonds is 22. The number of imide groups is 1. The predicted octanol–water partition coefficient (Wildman–Crippen LogP) is 2.62. The van der Waals surface area contributed by atoms with Crippen molar-refractivity contribution in [3.8, 4) is 0 Å². The lowest BCUT2D eigenvalue weighted by Crippen LogP contribution is -2.54. The van der Waals surface area contributed by atoms with Crippen LogP contribution in [0, 0.1) is 11.8 Å². The SMILES string of the molecule is CC(C)[C@H](NC(=O)CCN1C(=O)C=CC1=O)C(=O)N[C@@H](CCCCNC(N)=O)C(=O)Nc1ccc(COC(=O)N(C)CCOC(=O)Nc2ncnc3c2ncn3[C@@H]2OC3COP(O)(=S)O[C@H]4[C@@H](C)[C@H](n5cnc6c(N)ncnc65)O[C@@H]4COP(=O)(S)O[C@H]3[C@H]2F)cc1. The van der Waals surface area contributed by atoms with Gasteiger partial charge in [0, 0.05) is 50.3 Å². The Morgan fingerprint density at radius 3 is 2.22 bits per heavy atom. The Hall–Kier alpha value is -7.90. The topological polar surface area (TPSA) is 454 Å². The van der Waals surface area contributed by atoms with Crippen LogP contribution >= 0.6 is 25.8 Å². The van der Waals surface area contributed by atoms with Crippen molar-refractivity contribution in [1.29, 1.82) is 0 Å². The highest BCUT2D eigenvalue weighted by Gasteiger charge is 2.53. The molecule has 3 saturated heterocycles. The van der Waals surface area contributed by atoms with Gasteiger partial charge >= 0.3 is 31.7 Å². The fourth-order valence-electron chi connectivity index (χ4n) is 10.1. The molecule has 0 bridgehead atoms. The first kappa shape index (κ1) is 68.5. The summed E-state index contributed by atoms with van der Waals surface area (Å²) < 4.78 is 79.5. The summed E-state index contributed by atoms with van der Waals surface area (Å²) in [4.78, 5) is 140. The molecule has 3 unspecified atom stereocenters. The first-order valence-corrected chi connectivity index (χ1v) is 33.8. The zero-order chi connectivity index (χ0) is 66.2. The lowest BCUT2D eigenvalue weighted by Gasteiger charge is -2.29. The molecule has 4 aromatic heterocycles. The number of urea groups is 1. The number of ether oxygens (including phenoxy) is 4. The van der Waals surface area contributed by atoms with Gasteiger partial charge in [-0.15, -0.1) is 0 Å². The van der Waals surface area contributed by atoms with Crippen LogP contribution in [0.25, 0.3) is 22.3 Å². The van der Waals surface area contributed by atoms with Gasteiger partial charge in [-0.2, -0.15) is 0 Å². The van der Waals surface area contributed by atoms with E-state index in [0.717, 1.165) is 39.2 Å². The molecule has 4 aliphatic heterocycles. The Bertz CT molecular complexity index is 3700. The molecular weight excluding hydrogens is 1300 g/mol. The van der Waals surface area contributed by atoms with Gasteiger partial charge in [0.1, 0.15) is 74.1 Å². The monoisotopic (exact) mass is 1360 g/mol. The molecule has 0 radical (unpaired) electrons. The highest BCUT2D eigenvalue weighted by Crippen LogP contribution is 2.59. The van der Waals surface area contributed by atoms with Crippen molar-refractivity contribution >= 4 is 125 Å². The summed E-state index contributed by atoms with van der Waals surface area (Å²) in [6.45, 7) is -5.28. The van der Waals surface area contributed by atoms with Crippen molar-refractivity contribution in [1.82, 2.24) is 64.8 Å². The predicted molar refractivity (Wildman–Crippen MR) is 325 cm³/mol. The molecule has 35 nitrogen and oxygen atoms in total. The number of primary amides is 1. The van der Waals surface area contributed by atoms with Gasteiger partial charge < -0.3 is 70.5 Å². The van der Waals surface area contributed by atoms with Crippen molar-refractivity contribution in [2.75, 3.05) is 62.9 Å². The second-order valence-corrected chi connectivity index (χ2v) is 27.4. The third kappa shape index (κ3) is 16.8. The number of imidazole rings is 2. The minimum atomic E-state index is -4.45. The third-order valence-electron chi connectivity index (χ3n) is 14.9. The molecule has 92 heavy (non-hydrogen) atoms. The average molecular weight is 1360 g/mol. The summed E-state index contributed by atoms with van der Waals surface area (Å²) >= 11 is 9.55. The van der Waals surface area contributed by atoms with Gasteiger partial charge in [0.25, 0.3) is 11.8 Å². The van der Waals surface area contributed by atoms with E-state index in [1.165, 1.54) is 19.7 Å². The zero-order valence-corrected chi connectivity index (χ0v) is 53.0. The highest BCUT2D eigenvalue weighted by atomic mass is 32.7. The number of carbonyl (C=O) groups is 8. The fraction of sp³-hybridized carbons (Fsp3) is 0.500. The van der Waals surface area contributed by atoms with Gasteiger partial charge in [-0.1, -0.05) is 45.2 Å². The molecular formula is C52H66FN17O18P2S2. The van der Waals surface area contributed by atoms with Crippen LogP contribution in [-0.2, 0) is 84.0 Å². The number of alkyl halides is 1. The molecule has 5 aromatic rings. The van der Waals surface area contributed by atoms with Crippen LogP contribution in [0.5, 0.6) is 0 Å². The van der Waals surface area contributed by atoms with E-state index < -0.39 is 141 Å². The van der Waals surface area contributed by atoms with Gasteiger partial charge in [-0.25, -0.2) is 53.2 Å². The first-order valence-electron chi connectivity index (χ1n) is 28.5. The number of anilines is 3. The number of unbranched alkanes of at least 4 members (excludes halogenated alkanes) is 1. The van der Waals surface area contributed by atoms with Crippen LogP contribution < -0.4 is 38.1 Å². The molecule has 12 atom stereocenters. The number of thiol groups is 1. The van der Waals surface area contributed by atoms with E-state index in [0.29, 0.717) is 35.3 Å². The first-order chi connectivity index (χ1) is 43.8. The number of hydrogen-bond donors (Lipinski definition) is 9. The molecule has 0 saturated carbocycles. The normalized spacial score (nSPS) is 25.5. The summed E-state index contributed by atoms with van der Waals surface area (Å²) in [7, 11) is 1.40. The Morgan fingerprint density at radius 1 is 0.859 bits per heavy atom. The fourth-order valence-corrected chi connectivity index (χ4v) is 13.1. The maximum absolute atomic E-state index is 16.7. The number of nitrogens with one attached hydrogen (secondary N) is 5. The number of carbonyl (C=O) groups excluding carboxylic acids is 8. The van der Waals surface area contributed by atoms with Crippen molar-refractivity contribution in [3.63, 3.8) is 0 Å².